The molecule has 2 rings (SSSR count). The highest BCUT2D eigenvalue weighted by atomic mass is 79.9. The number of benzene rings is 1. The molecule has 1 aromatic rings. The van der Waals surface area contributed by atoms with Gasteiger partial charge in [-0.2, -0.15) is 0 Å². The molecule has 4 heteroatoms. The Morgan fingerprint density at radius 1 is 1.29 bits per heavy atom. The SMILES string of the molecule is Nc1ccc(CS(=O)C2CCCCC2)c(Br)c1. The molecule has 0 amide bonds. The summed E-state index contributed by atoms with van der Waals surface area (Å²) in [6.45, 7) is 0. The van der Waals surface area contributed by atoms with Crippen LogP contribution in [0.4, 0.5) is 5.69 Å². The quantitative estimate of drug-likeness (QED) is 0.866. The van der Waals surface area contributed by atoms with Gasteiger partial charge in [-0.1, -0.05) is 41.3 Å². The number of halogens is 1. The second-order valence-corrected chi connectivity index (χ2v) is 7.21. The Labute approximate surface area is 114 Å². The van der Waals surface area contributed by atoms with E-state index in [1.807, 2.05) is 18.2 Å². The Bertz CT molecular complexity index is 416. The molecule has 17 heavy (non-hydrogen) atoms. The molecule has 0 spiro atoms. The van der Waals surface area contributed by atoms with Crippen molar-refractivity contribution in [3.05, 3.63) is 28.2 Å². The van der Waals surface area contributed by atoms with Crippen molar-refractivity contribution in [1.29, 1.82) is 0 Å². The summed E-state index contributed by atoms with van der Waals surface area (Å²) < 4.78 is 13.2. The first-order valence-corrected chi connectivity index (χ1v) is 8.25. The van der Waals surface area contributed by atoms with Gasteiger partial charge in [-0.25, -0.2) is 0 Å². The van der Waals surface area contributed by atoms with Crippen LogP contribution >= 0.6 is 15.9 Å². The van der Waals surface area contributed by atoms with Crippen molar-refractivity contribution in [2.45, 2.75) is 43.1 Å². The molecular weight excluding hydrogens is 298 g/mol. The van der Waals surface area contributed by atoms with E-state index < -0.39 is 10.8 Å². The zero-order valence-electron chi connectivity index (χ0n) is 9.82. The molecule has 0 aliphatic heterocycles. The van der Waals surface area contributed by atoms with Crippen LogP contribution in [0.3, 0.4) is 0 Å². The van der Waals surface area contributed by atoms with Crippen LogP contribution in [0.2, 0.25) is 0 Å². The summed E-state index contributed by atoms with van der Waals surface area (Å²) in [4.78, 5) is 0. The maximum atomic E-state index is 12.3. The van der Waals surface area contributed by atoms with Crippen LogP contribution in [-0.4, -0.2) is 9.46 Å². The zero-order valence-corrected chi connectivity index (χ0v) is 12.2. The van der Waals surface area contributed by atoms with E-state index in [4.69, 9.17) is 5.73 Å². The molecule has 1 aliphatic carbocycles. The first-order valence-electron chi connectivity index (χ1n) is 6.08. The second kappa shape index (κ2) is 6.01. The van der Waals surface area contributed by atoms with Gasteiger partial charge in [0.25, 0.3) is 0 Å². The molecule has 94 valence electrons. The summed E-state index contributed by atoms with van der Waals surface area (Å²) in [5.41, 5.74) is 7.54. The molecule has 0 bridgehead atoms. The van der Waals surface area contributed by atoms with Gasteiger partial charge in [0, 0.05) is 32.0 Å². The van der Waals surface area contributed by atoms with Crippen LogP contribution in [0.25, 0.3) is 0 Å². The van der Waals surface area contributed by atoms with Gasteiger partial charge in [0.2, 0.25) is 0 Å². The van der Waals surface area contributed by atoms with Crippen molar-refractivity contribution in [3.8, 4) is 0 Å². The maximum absolute atomic E-state index is 12.3. The molecule has 0 heterocycles. The lowest BCUT2D eigenvalue weighted by molar-refractivity contribution is 0.504. The predicted octanol–water partition coefficient (Wildman–Crippen LogP) is 3.61. The Hall–Kier alpha value is -0.350. The van der Waals surface area contributed by atoms with E-state index in [1.165, 1.54) is 19.3 Å². The Morgan fingerprint density at radius 2 is 2.00 bits per heavy atom. The highest BCUT2D eigenvalue weighted by Gasteiger charge is 2.20. The maximum Gasteiger partial charge on any atom is 0.0499 e. The van der Waals surface area contributed by atoms with Crippen molar-refractivity contribution in [2.75, 3.05) is 5.73 Å². The van der Waals surface area contributed by atoms with Crippen molar-refractivity contribution >= 4 is 32.4 Å². The molecule has 1 aromatic carbocycles. The van der Waals surface area contributed by atoms with E-state index in [1.54, 1.807) is 0 Å². The van der Waals surface area contributed by atoms with Gasteiger partial charge in [-0.15, -0.1) is 0 Å². The third kappa shape index (κ3) is 3.55. The van der Waals surface area contributed by atoms with Crippen LogP contribution < -0.4 is 5.73 Å². The molecule has 1 saturated carbocycles. The number of nitrogens with two attached hydrogens (primary N) is 1. The molecule has 1 atom stereocenters. The summed E-state index contributed by atoms with van der Waals surface area (Å²) in [6.07, 6.45) is 6.02. The van der Waals surface area contributed by atoms with Crippen molar-refractivity contribution in [2.24, 2.45) is 0 Å². The van der Waals surface area contributed by atoms with Crippen molar-refractivity contribution in [1.82, 2.24) is 0 Å². The standard InChI is InChI=1S/C13H18BrNOS/c14-13-8-11(15)7-6-10(13)9-17(16)12-4-2-1-3-5-12/h6-8,12H,1-5,9,15H2. The van der Waals surface area contributed by atoms with E-state index >= 15 is 0 Å². The normalized spacial score (nSPS) is 19.1. The molecular formula is C13H18BrNOS. The molecule has 2 N–H and O–H groups in total. The van der Waals surface area contributed by atoms with Crippen LogP contribution in [0.15, 0.2) is 22.7 Å². The van der Waals surface area contributed by atoms with Crippen LogP contribution in [0.5, 0.6) is 0 Å². The zero-order chi connectivity index (χ0) is 12.3. The van der Waals surface area contributed by atoms with Gasteiger partial charge in [-0.3, -0.25) is 4.21 Å². The second-order valence-electron chi connectivity index (χ2n) is 4.64. The average molecular weight is 316 g/mol. The van der Waals surface area contributed by atoms with Gasteiger partial charge >= 0.3 is 0 Å². The third-order valence-corrected chi connectivity index (χ3v) is 5.85. The fourth-order valence-corrected chi connectivity index (χ4v) is 4.66. The van der Waals surface area contributed by atoms with Gasteiger partial charge in [0.05, 0.1) is 0 Å². The molecule has 1 aliphatic rings. The van der Waals surface area contributed by atoms with Crippen molar-refractivity contribution in [3.63, 3.8) is 0 Å². The van der Waals surface area contributed by atoms with E-state index in [9.17, 15) is 4.21 Å². The van der Waals surface area contributed by atoms with Crippen molar-refractivity contribution < 1.29 is 4.21 Å². The summed E-state index contributed by atoms with van der Waals surface area (Å²) in [7, 11) is -0.745. The third-order valence-electron chi connectivity index (χ3n) is 3.30. The lowest BCUT2D eigenvalue weighted by atomic mass is 10.0. The van der Waals surface area contributed by atoms with Crippen LogP contribution in [0, 0.1) is 0 Å². The highest BCUT2D eigenvalue weighted by molar-refractivity contribution is 9.10. The lowest BCUT2D eigenvalue weighted by Crippen LogP contribution is -2.19. The molecule has 1 unspecified atom stereocenters. The van der Waals surface area contributed by atoms with E-state index in [0.717, 1.165) is 28.6 Å². The largest absolute Gasteiger partial charge is 0.399 e. The molecule has 2 nitrogen and oxygen atoms in total. The average Bonchev–Trinajstić information content (AvgIpc) is 2.34. The summed E-state index contributed by atoms with van der Waals surface area (Å²) in [5.74, 6) is 0.644. The summed E-state index contributed by atoms with van der Waals surface area (Å²) in [6, 6.07) is 5.73. The Kier molecular flexibility index (Phi) is 4.62. The molecule has 1 fully saturated rings. The molecule has 0 saturated heterocycles. The molecule has 0 aromatic heterocycles. The first-order chi connectivity index (χ1) is 8.16. The van der Waals surface area contributed by atoms with Gasteiger partial charge in [0.15, 0.2) is 0 Å². The predicted molar refractivity (Wildman–Crippen MR) is 77.3 cm³/mol. The van der Waals surface area contributed by atoms with Crippen LogP contribution in [0.1, 0.15) is 37.7 Å². The minimum Gasteiger partial charge on any atom is -0.399 e. The van der Waals surface area contributed by atoms with E-state index in [2.05, 4.69) is 15.9 Å². The number of hydrogen-bond acceptors (Lipinski definition) is 2. The summed E-state index contributed by atoms with van der Waals surface area (Å²) in [5, 5.41) is 0.396. The minimum atomic E-state index is -0.745. The van der Waals surface area contributed by atoms with Gasteiger partial charge in [-0.05, 0) is 30.5 Å². The van der Waals surface area contributed by atoms with E-state index in [0.29, 0.717) is 11.0 Å². The summed E-state index contributed by atoms with van der Waals surface area (Å²) >= 11 is 3.49. The topological polar surface area (TPSA) is 43.1 Å². The molecule has 0 radical (unpaired) electrons. The fourth-order valence-electron chi connectivity index (χ4n) is 2.28. The van der Waals surface area contributed by atoms with Crippen LogP contribution in [-0.2, 0) is 16.6 Å². The number of nitrogen functional groups attached to an aromatic ring is 1. The number of anilines is 1. The van der Waals surface area contributed by atoms with Gasteiger partial charge < -0.3 is 5.73 Å². The first kappa shape index (κ1) is 13.1. The fraction of sp³-hybridized carbons (Fsp3) is 0.538. The minimum absolute atomic E-state index is 0.396. The van der Waals surface area contributed by atoms with E-state index in [-0.39, 0.29) is 0 Å². The number of hydrogen-bond donors (Lipinski definition) is 1. The van der Waals surface area contributed by atoms with Gasteiger partial charge in [0.1, 0.15) is 0 Å². The monoisotopic (exact) mass is 315 g/mol. The Balaban J connectivity index is 2.02. The Morgan fingerprint density at radius 3 is 2.65 bits per heavy atom. The lowest BCUT2D eigenvalue weighted by Gasteiger charge is -2.21. The smallest absolute Gasteiger partial charge is 0.0499 e. The highest BCUT2D eigenvalue weighted by Crippen LogP contribution is 2.26. The number of rotatable bonds is 3.